The Labute approximate surface area is 571 Å². The molecule has 3 N–H and O–H groups in total. The van der Waals surface area contributed by atoms with Crippen LogP contribution in [0.5, 0.6) is 0 Å². The second-order valence-electron chi connectivity index (χ2n) is 36.9. The number of pyridine rings is 1. The third-order valence-corrected chi connectivity index (χ3v) is 31.7. The van der Waals surface area contributed by atoms with Gasteiger partial charge in [-0.25, -0.2) is 4.68 Å². The zero-order chi connectivity index (χ0) is 66.3. The Morgan fingerprint density at radius 3 is 1.43 bits per heavy atom. The van der Waals surface area contributed by atoms with Gasteiger partial charge in [-0.2, -0.15) is 10.2 Å². The van der Waals surface area contributed by atoms with Crippen molar-refractivity contribution < 1.29 is 29.7 Å². The van der Waals surface area contributed by atoms with Crippen molar-refractivity contribution >= 4 is 39.3 Å². The highest BCUT2D eigenvalue weighted by Gasteiger charge is 2.62. The summed E-state index contributed by atoms with van der Waals surface area (Å²) in [5.74, 6) is 13.3. The molecule has 18 rings (SSSR count). The Morgan fingerprint density at radius 1 is 0.469 bits per heavy atom. The number of aliphatic hydroxyl groups is 3. The Kier molecular flexibility index (Phi) is 17.3. The van der Waals surface area contributed by atoms with Crippen LogP contribution in [0.3, 0.4) is 0 Å². The molecule has 0 saturated heterocycles. The number of ketones is 3. The van der Waals surface area contributed by atoms with Crippen LogP contribution in [0.15, 0.2) is 55.1 Å². The lowest BCUT2D eigenvalue weighted by Crippen LogP contribution is -2.51. The number of Topliss-reactive ketones (excluding diaryl/α,β-unsaturated/α-hetero) is 3. The number of aromatic nitrogens is 8. The van der Waals surface area contributed by atoms with Crippen molar-refractivity contribution in [1.82, 2.24) is 39.5 Å². The second-order valence-corrected chi connectivity index (χ2v) is 36.9. The first-order valence-electron chi connectivity index (χ1n) is 39.4. The van der Waals surface area contributed by atoms with Gasteiger partial charge in [0.05, 0.1) is 46.8 Å². The molecule has 14 nitrogen and oxygen atoms in total. The minimum absolute atomic E-state index is 0.128. The Bertz CT molecular complexity index is 3650. The van der Waals surface area contributed by atoms with Crippen molar-refractivity contribution in [3.63, 3.8) is 0 Å². The quantitative estimate of drug-likeness (QED) is 0.127. The molecule has 0 bridgehead atoms. The predicted molar refractivity (Wildman–Crippen MR) is 373 cm³/mol. The first-order chi connectivity index (χ1) is 46.1. The van der Waals surface area contributed by atoms with Crippen molar-refractivity contribution in [3.05, 3.63) is 66.4 Å². The molecular formula is C82H116N8O6. The molecule has 0 amide bonds. The van der Waals surface area contributed by atoms with Gasteiger partial charge in [0.2, 0.25) is 0 Å². The smallest absolute Gasteiger partial charge is 0.157 e. The summed E-state index contributed by atoms with van der Waals surface area (Å²) in [5, 5.41) is 50.7. The molecule has 14 heteroatoms. The zero-order valence-electron chi connectivity index (χ0n) is 59.3. The van der Waals surface area contributed by atoms with E-state index in [4.69, 9.17) is 0 Å². The van der Waals surface area contributed by atoms with Crippen molar-refractivity contribution in [2.45, 2.75) is 277 Å². The van der Waals surface area contributed by atoms with Crippen molar-refractivity contribution in [1.29, 1.82) is 0 Å². The van der Waals surface area contributed by atoms with Crippen LogP contribution in [0, 0.1) is 123 Å². The number of hydrogen-bond donors (Lipinski definition) is 3. The molecule has 96 heavy (non-hydrogen) atoms. The molecule has 13 aliphatic rings. The highest BCUT2D eigenvalue weighted by molar-refractivity contribution is 5.85. The number of aryl methyl sites for hydroxylation is 1. The summed E-state index contributed by atoms with van der Waals surface area (Å²) in [4.78, 5) is 44.8. The molecule has 12 saturated carbocycles. The van der Waals surface area contributed by atoms with Crippen LogP contribution in [-0.2, 0) is 46.9 Å². The normalized spacial score (nSPS) is 44.1. The first kappa shape index (κ1) is 65.9. The Hall–Kier alpha value is -4.66. The summed E-state index contributed by atoms with van der Waals surface area (Å²) in [6, 6.07) is 10.0. The summed E-state index contributed by atoms with van der Waals surface area (Å²) < 4.78 is 5.69. The SMILES string of the molecule is C[C@@]1(O)CC[C@H]2[C@H](CC[C@@H]3[C@@H]2CC[C@]2(C)[C@@H](C(=O)Cn4cc5ccccc5n4)CC[C@@H]32)C1.C[C@@]1(O)CC[C@H]2[C@H](CC[C@@H]3[C@@H]2CC[C@]2(C)[C@@H](C(=O)Cn4ncc5c4CCCC5)CC[C@@H]32)C1.C[C@@]1(O)CC[C@H]2[C@H](CC[C@@H]3[C@@H]2CC[C@]2(C)[C@@H](C(=O)Cn4nnc5cnccc54)CC[C@@H]32)C1. The summed E-state index contributed by atoms with van der Waals surface area (Å²) >= 11 is 0. The predicted octanol–water partition coefficient (Wildman–Crippen LogP) is 15.4. The molecule has 0 spiro atoms. The molecule has 520 valence electrons. The fourth-order valence-corrected chi connectivity index (χ4v) is 27.3. The summed E-state index contributed by atoms with van der Waals surface area (Å²) in [6.45, 7) is 14.7. The van der Waals surface area contributed by atoms with Gasteiger partial charge in [-0.15, -0.1) is 5.10 Å². The van der Waals surface area contributed by atoms with E-state index < -0.39 is 16.8 Å². The van der Waals surface area contributed by atoms with Gasteiger partial charge in [0.25, 0.3) is 0 Å². The number of benzene rings is 1. The maximum atomic E-state index is 13.6. The fraction of sp³-hybridized carbons (Fsp3) is 0.780. The van der Waals surface area contributed by atoms with Crippen LogP contribution >= 0.6 is 0 Å². The number of hydrogen-bond acceptors (Lipinski definition) is 11. The molecule has 0 aliphatic heterocycles. The summed E-state index contributed by atoms with van der Waals surface area (Å²) in [7, 11) is 0. The van der Waals surface area contributed by atoms with E-state index >= 15 is 0 Å². The number of carbonyl (C=O) groups is 3. The van der Waals surface area contributed by atoms with E-state index in [0.29, 0.717) is 54.7 Å². The topological polar surface area (TPSA) is 191 Å². The second kappa shape index (κ2) is 25.1. The third kappa shape index (κ3) is 11.8. The molecule has 4 aromatic heterocycles. The van der Waals surface area contributed by atoms with Crippen LogP contribution in [0.1, 0.15) is 239 Å². The third-order valence-electron chi connectivity index (χ3n) is 31.7. The standard InChI is InChI=1S/C28H38N2O2.C28H42N2O2.C26H36N4O2/c1-27(32)13-11-20-18(15-27)7-8-22-21(20)12-14-28(2)23(22)9-10-24(28)26(31)17-30-16-19-5-3-4-6-25(19)29-30;1-27(32)13-11-20-18(15-27)7-8-22-21(20)12-14-28(2)23(22)9-10-24(28)26(31)17-30-25-6-4-3-5-19(25)16-29-30;1-25(32)10-7-17-16(13-25)3-4-19-18(17)8-11-26(2)20(19)5-6-21(26)24(31)15-30-23-9-12-27-14-22(23)28-29-30/h3-6,16,18,20-24,32H,7-15,17H2,1-2H3;16,18,20-24,32H,3-15,17H2,1-2H3;9,12,14,16-21,32H,3-8,10-11,13,15H2,1-2H3/t2*18-,20+,21-,22-,23+,24-,27-,28+;16-,17+,18-,19-,20+,21-,25-,26+/m111/s1. The minimum Gasteiger partial charge on any atom is -0.390 e. The van der Waals surface area contributed by atoms with Gasteiger partial charge in [0, 0.05) is 41.2 Å². The van der Waals surface area contributed by atoms with Crippen LogP contribution in [0.2, 0.25) is 0 Å². The van der Waals surface area contributed by atoms with Crippen molar-refractivity contribution in [3.8, 4) is 0 Å². The van der Waals surface area contributed by atoms with Gasteiger partial charge < -0.3 is 15.3 Å². The van der Waals surface area contributed by atoms with E-state index in [1.54, 1.807) is 17.1 Å². The van der Waals surface area contributed by atoms with E-state index in [2.05, 4.69) is 63.9 Å². The lowest BCUT2D eigenvalue weighted by molar-refractivity contribution is -0.133. The Balaban J connectivity index is 0.000000113. The monoisotopic (exact) mass is 1310 g/mol. The molecule has 24 atom stereocenters. The van der Waals surface area contributed by atoms with Crippen molar-refractivity contribution in [2.75, 3.05) is 0 Å². The molecule has 1 aromatic carbocycles. The van der Waals surface area contributed by atoms with E-state index in [0.717, 1.165) is 164 Å². The van der Waals surface area contributed by atoms with Crippen molar-refractivity contribution in [2.24, 2.45) is 123 Å². The maximum Gasteiger partial charge on any atom is 0.157 e. The number of carbonyl (C=O) groups excluding carboxylic acids is 3. The fourth-order valence-electron chi connectivity index (χ4n) is 27.3. The molecule has 13 aliphatic carbocycles. The number of fused-ring (bicyclic) bond motifs is 18. The zero-order valence-corrected chi connectivity index (χ0v) is 59.3. The molecular weight excluding hydrogens is 1190 g/mol. The molecule has 12 fully saturated rings. The highest BCUT2D eigenvalue weighted by Crippen LogP contribution is 2.68. The molecule has 4 heterocycles. The van der Waals surface area contributed by atoms with Crippen LogP contribution in [-0.4, -0.2) is 89.0 Å². The van der Waals surface area contributed by atoms with E-state index in [9.17, 15) is 29.7 Å². The van der Waals surface area contributed by atoms with Gasteiger partial charge in [0.1, 0.15) is 18.6 Å². The average molecular weight is 1310 g/mol. The number of rotatable bonds is 9. The van der Waals surface area contributed by atoms with Gasteiger partial charge in [0.15, 0.2) is 17.3 Å². The summed E-state index contributed by atoms with van der Waals surface area (Å²) in [5.41, 5.74) is 4.47. The first-order valence-corrected chi connectivity index (χ1v) is 39.4. The van der Waals surface area contributed by atoms with Gasteiger partial charge in [-0.1, -0.05) is 44.2 Å². The Morgan fingerprint density at radius 2 is 0.927 bits per heavy atom. The summed E-state index contributed by atoms with van der Waals surface area (Å²) in [6.07, 6.45) is 43.9. The van der Waals surface area contributed by atoms with Crippen LogP contribution in [0.4, 0.5) is 0 Å². The molecule has 5 aromatic rings. The largest absolute Gasteiger partial charge is 0.390 e. The molecule has 0 radical (unpaired) electrons. The lowest BCUT2D eigenvalue weighted by Gasteiger charge is -2.56. The average Bonchev–Trinajstić information content (AvgIpc) is 1.47. The van der Waals surface area contributed by atoms with E-state index in [-0.39, 0.29) is 34.0 Å². The van der Waals surface area contributed by atoms with E-state index in [1.165, 1.54) is 140 Å². The van der Waals surface area contributed by atoms with Gasteiger partial charge in [-0.3, -0.25) is 28.7 Å². The highest BCUT2D eigenvalue weighted by atomic mass is 16.3. The van der Waals surface area contributed by atoms with Crippen LogP contribution < -0.4 is 0 Å². The lowest BCUT2D eigenvalue weighted by atomic mass is 9.49. The maximum absolute atomic E-state index is 13.6. The van der Waals surface area contributed by atoms with Gasteiger partial charge >= 0.3 is 0 Å². The van der Waals surface area contributed by atoms with Gasteiger partial charge in [-0.05, 0) is 343 Å². The molecule has 0 unspecified atom stereocenters. The minimum atomic E-state index is -0.455. The van der Waals surface area contributed by atoms with Crippen LogP contribution in [0.25, 0.3) is 21.9 Å². The number of nitrogens with zero attached hydrogens (tertiary/aromatic N) is 8. The van der Waals surface area contributed by atoms with E-state index in [1.807, 2.05) is 55.2 Å².